The fourth-order valence-electron chi connectivity index (χ4n) is 5.19. The van der Waals surface area contributed by atoms with Crippen molar-refractivity contribution >= 4 is 22.8 Å². The number of hydrogen-bond donors (Lipinski definition) is 1. The molecule has 0 saturated carbocycles. The Morgan fingerprint density at radius 2 is 1.87 bits per heavy atom. The van der Waals surface area contributed by atoms with E-state index >= 15 is 0 Å². The number of methoxy groups -OCH3 is 1. The zero-order valence-electron chi connectivity index (χ0n) is 21.6. The maximum atomic E-state index is 13.6. The first-order valence-electron chi connectivity index (χ1n) is 12.3. The predicted molar refractivity (Wildman–Crippen MR) is 136 cm³/mol. The number of piperidine rings is 1. The van der Waals surface area contributed by atoms with Gasteiger partial charge in [0, 0.05) is 44.7 Å². The van der Waals surface area contributed by atoms with Gasteiger partial charge in [0.1, 0.15) is 11.3 Å². The molecule has 1 N–H and O–H groups in total. The fraction of sp³-hybridized carbons (Fsp3) is 0.333. The number of halogens is 3. The molecule has 4 aromatic rings. The minimum absolute atomic E-state index is 0.214. The molecule has 1 saturated heterocycles. The van der Waals surface area contributed by atoms with Crippen LogP contribution in [0.2, 0.25) is 0 Å². The van der Waals surface area contributed by atoms with Crippen molar-refractivity contribution in [1.82, 2.24) is 29.5 Å². The van der Waals surface area contributed by atoms with Crippen LogP contribution in [0, 0.1) is 0 Å². The number of rotatable bonds is 5. The van der Waals surface area contributed by atoms with E-state index in [0.29, 0.717) is 34.5 Å². The van der Waals surface area contributed by atoms with Gasteiger partial charge in [0.25, 0.3) is 11.8 Å². The van der Waals surface area contributed by atoms with Crippen LogP contribution in [0.4, 0.5) is 13.2 Å². The fourth-order valence-corrected chi connectivity index (χ4v) is 5.19. The minimum atomic E-state index is -4.73. The summed E-state index contributed by atoms with van der Waals surface area (Å²) in [6.45, 7) is 0.566. The number of carbonyl (C=O) groups excluding carboxylic acids is 2. The van der Waals surface area contributed by atoms with Crippen LogP contribution in [0.25, 0.3) is 11.0 Å². The highest BCUT2D eigenvalue weighted by Crippen LogP contribution is 2.33. The predicted octanol–water partition coefficient (Wildman–Crippen LogP) is 3.76. The van der Waals surface area contributed by atoms with Crippen molar-refractivity contribution in [3.8, 4) is 5.75 Å². The van der Waals surface area contributed by atoms with E-state index in [1.54, 1.807) is 27.9 Å². The minimum Gasteiger partial charge on any atom is -0.494 e. The summed E-state index contributed by atoms with van der Waals surface area (Å²) >= 11 is 0. The summed E-state index contributed by atoms with van der Waals surface area (Å²) in [5.41, 5.74) is 1.05. The Bertz CT molecular complexity index is 1530. The van der Waals surface area contributed by atoms with E-state index in [4.69, 9.17) is 4.74 Å². The molecular weight excluding hydrogens is 513 g/mol. The van der Waals surface area contributed by atoms with Crippen LogP contribution in [-0.2, 0) is 20.3 Å². The Kier molecular flexibility index (Phi) is 6.79. The van der Waals surface area contributed by atoms with E-state index in [1.807, 2.05) is 37.4 Å². The van der Waals surface area contributed by atoms with Crippen LogP contribution in [0.1, 0.15) is 44.3 Å². The highest BCUT2D eigenvalue weighted by molar-refractivity contribution is 5.99. The second-order valence-electron chi connectivity index (χ2n) is 9.57. The standard InChI is InChI=1S/C27H27F3N6O3/c1-34-15-31-23-21(34)11-17(12-22(23)39-3)26(38)36-10-9-20(19(14-36)16-7-5-4-6-8-16)33-25(37)18-13-32-35(2)24(18)27(28,29)30/h4-8,11-13,15,19-20H,9-10,14H2,1-3H3,(H,33,37)/t19-,20-/m1/s1. The maximum Gasteiger partial charge on any atom is 0.433 e. The maximum absolute atomic E-state index is 13.6. The lowest BCUT2D eigenvalue weighted by Gasteiger charge is -2.39. The molecule has 3 heterocycles. The van der Waals surface area contributed by atoms with Gasteiger partial charge in [-0.15, -0.1) is 0 Å². The highest BCUT2D eigenvalue weighted by atomic mass is 19.4. The molecule has 1 fully saturated rings. The number of carbonyl (C=O) groups is 2. The van der Waals surface area contributed by atoms with Crippen molar-refractivity contribution in [2.24, 2.45) is 14.1 Å². The molecule has 0 aliphatic carbocycles. The highest BCUT2D eigenvalue weighted by Gasteiger charge is 2.41. The number of amides is 2. The lowest BCUT2D eigenvalue weighted by Crippen LogP contribution is -2.51. The van der Waals surface area contributed by atoms with E-state index in [-0.39, 0.29) is 18.4 Å². The quantitative estimate of drug-likeness (QED) is 0.416. The summed E-state index contributed by atoms with van der Waals surface area (Å²) < 4.78 is 48.7. The molecule has 0 unspecified atom stereocenters. The Balaban J connectivity index is 1.42. The molecule has 2 amide bonds. The van der Waals surface area contributed by atoms with Crippen LogP contribution in [0.3, 0.4) is 0 Å². The summed E-state index contributed by atoms with van der Waals surface area (Å²) in [5, 5.41) is 6.44. The number of ether oxygens (including phenoxy) is 1. The van der Waals surface area contributed by atoms with Crippen LogP contribution in [0.5, 0.6) is 5.75 Å². The van der Waals surface area contributed by atoms with Gasteiger partial charge in [0.2, 0.25) is 0 Å². The molecule has 5 rings (SSSR count). The molecule has 39 heavy (non-hydrogen) atoms. The average Bonchev–Trinajstić information content (AvgIpc) is 3.51. The zero-order valence-corrected chi connectivity index (χ0v) is 21.6. The first-order chi connectivity index (χ1) is 18.6. The summed E-state index contributed by atoms with van der Waals surface area (Å²) in [5.74, 6) is -0.933. The number of likely N-dealkylation sites (tertiary alicyclic amines) is 1. The molecule has 1 aliphatic heterocycles. The largest absolute Gasteiger partial charge is 0.494 e. The van der Waals surface area contributed by atoms with Crippen molar-refractivity contribution in [3.63, 3.8) is 0 Å². The molecule has 9 nitrogen and oxygen atoms in total. The molecule has 0 bridgehead atoms. The first-order valence-corrected chi connectivity index (χ1v) is 12.3. The number of nitrogens with one attached hydrogen (secondary N) is 1. The molecule has 1 aliphatic rings. The Labute approximate surface area is 222 Å². The normalized spacial score (nSPS) is 17.8. The average molecular weight is 541 g/mol. The van der Waals surface area contributed by atoms with Crippen molar-refractivity contribution in [1.29, 1.82) is 0 Å². The summed E-state index contributed by atoms with van der Waals surface area (Å²) in [4.78, 5) is 32.7. The number of aromatic nitrogens is 4. The third-order valence-electron chi connectivity index (χ3n) is 7.16. The van der Waals surface area contributed by atoms with Crippen molar-refractivity contribution in [3.05, 3.63) is 77.4 Å². The third-order valence-corrected chi connectivity index (χ3v) is 7.16. The topological polar surface area (TPSA) is 94.3 Å². The van der Waals surface area contributed by atoms with E-state index in [2.05, 4.69) is 15.4 Å². The Morgan fingerprint density at radius 3 is 2.56 bits per heavy atom. The molecule has 0 spiro atoms. The molecule has 12 heteroatoms. The summed E-state index contributed by atoms with van der Waals surface area (Å²) in [7, 11) is 4.49. The molecule has 0 radical (unpaired) electrons. The second kappa shape index (κ2) is 10.1. The third kappa shape index (κ3) is 4.93. The first kappa shape index (κ1) is 26.3. The van der Waals surface area contributed by atoms with Gasteiger partial charge in [-0.25, -0.2) is 4.98 Å². The van der Waals surface area contributed by atoms with E-state index in [0.717, 1.165) is 24.3 Å². The van der Waals surface area contributed by atoms with Gasteiger partial charge < -0.3 is 19.5 Å². The van der Waals surface area contributed by atoms with E-state index in [9.17, 15) is 22.8 Å². The van der Waals surface area contributed by atoms with Gasteiger partial charge >= 0.3 is 6.18 Å². The van der Waals surface area contributed by atoms with E-state index in [1.165, 1.54) is 7.11 Å². The lowest BCUT2D eigenvalue weighted by molar-refractivity contribution is -0.144. The molecule has 204 valence electrons. The smallest absolute Gasteiger partial charge is 0.433 e. The number of benzene rings is 2. The van der Waals surface area contributed by atoms with Crippen molar-refractivity contribution < 1.29 is 27.5 Å². The zero-order chi connectivity index (χ0) is 27.9. The van der Waals surface area contributed by atoms with Crippen LogP contribution >= 0.6 is 0 Å². The molecule has 2 atom stereocenters. The number of imidazole rings is 1. The summed E-state index contributed by atoms with van der Waals surface area (Å²) in [6.07, 6.45) is -1.81. The van der Waals surface area contributed by atoms with Gasteiger partial charge in [-0.3, -0.25) is 14.3 Å². The number of aryl methyl sites for hydroxylation is 2. The lowest BCUT2D eigenvalue weighted by atomic mass is 9.85. The number of alkyl halides is 3. The van der Waals surface area contributed by atoms with E-state index < -0.39 is 29.4 Å². The molecule has 2 aromatic carbocycles. The monoisotopic (exact) mass is 540 g/mol. The van der Waals surface area contributed by atoms with Crippen LogP contribution < -0.4 is 10.1 Å². The SMILES string of the molecule is COc1cc(C(=O)N2CC[C@@H](NC(=O)c3cnn(C)c3C(F)(F)F)[C@@H](c3ccccc3)C2)cc2c1ncn2C. The Hall–Kier alpha value is -4.35. The second-order valence-corrected chi connectivity index (χ2v) is 9.57. The van der Waals surface area contributed by atoms with Crippen molar-refractivity contribution in [2.45, 2.75) is 24.6 Å². The van der Waals surface area contributed by atoms with Crippen LogP contribution in [0.15, 0.2) is 55.0 Å². The van der Waals surface area contributed by atoms with Gasteiger partial charge in [-0.05, 0) is 24.1 Å². The van der Waals surface area contributed by atoms with Crippen molar-refractivity contribution in [2.75, 3.05) is 20.2 Å². The summed E-state index contributed by atoms with van der Waals surface area (Å²) in [6, 6.07) is 12.2. The van der Waals surface area contributed by atoms with Crippen LogP contribution in [-0.4, -0.2) is 62.3 Å². The molecular formula is C27H27F3N6O3. The van der Waals surface area contributed by atoms with Gasteiger partial charge in [-0.2, -0.15) is 18.3 Å². The number of nitrogens with zero attached hydrogens (tertiary/aromatic N) is 5. The Morgan fingerprint density at radius 1 is 1.13 bits per heavy atom. The number of hydrogen-bond acceptors (Lipinski definition) is 5. The van der Waals surface area contributed by atoms with Gasteiger partial charge in [-0.1, -0.05) is 30.3 Å². The number of fused-ring (bicyclic) bond motifs is 1. The molecule has 2 aromatic heterocycles. The van der Waals surface area contributed by atoms with Gasteiger partial charge in [0.05, 0.1) is 30.7 Å². The van der Waals surface area contributed by atoms with Gasteiger partial charge in [0.15, 0.2) is 5.69 Å².